The van der Waals surface area contributed by atoms with Gasteiger partial charge in [0.2, 0.25) is 0 Å². The SMILES string of the molecule is c1ccc(-c2cc3ccccc3c3c2OCCNCCOCCNCCOc2c(-c4ccccc4)cc4ccccc4c2-3)cc1. The number of benzene rings is 6. The van der Waals surface area contributed by atoms with E-state index >= 15 is 0 Å². The van der Waals surface area contributed by atoms with Gasteiger partial charge in [0.15, 0.2) is 0 Å². The summed E-state index contributed by atoms with van der Waals surface area (Å²) in [6.07, 6.45) is 0. The van der Waals surface area contributed by atoms with Crippen molar-refractivity contribution in [3.63, 3.8) is 0 Å². The third-order valence-electron chi connectivity index (χ3n) is 8.32. The second-order valence-corrected chi connectivity index (χ2v) is 11.2. The fourth-order valence-corrected chi connectivity index (χ4v) is 6.21. The Morgan fingerprint density at radius 2 is 0.822 bits per heavy atom. The number of ether oxygens (including phenoxy) is 3. The van der Waals surface area contributed by atoms with Crippen LogP contribution in [0.4, 0.5) is 0 Å². The predicted molar refractivity (Wildman–Crippen MR) is 185 cm³/mol. The van der Waals surface area contributed by atoms with Crippen molar-refractivity contribution in [3.05, 3.63) is 121 Å². The third-order valence-corrected chi connectivity index (χ3v) is 8.32. The summed E-state index contributed by atoms with van der Waals surface area (Å²) in [5, 5.41) is 11.5. The van der Waals surface area contributed by atoms with Crippen LogP contribution in [0.2, 0.25) is 0 Å². The van der Waals surface area contributed by atoms with Crippen LogP contribution in [0, 0.1) is 0 Å². The molecule has 226 valence electrons. The van der Waals surface area contributed by atoms with E-state index in [1.165, 1.54) is 0 Å². The van der Waals surface area contributed by atoms with Crippen LogP contribution in [0.15, 0.2) is 121 Å². The maximum absolute atomic E-state index is 6.89. The fourth-order valence-electron chi connectivity index (χ4n) is 6.21. The first-order valence-electron chi connectivity index (χ1n) is 15.9. The highest BCUT2D eigenvalue weighted by atomic mass is 16.5. The fraction of sp³-hybridized carbons (Fsp3) is 0.200. The summed E-state index contributed by atoms with van der Waals surface area (Å²) < 4.78 is 19.6. The monoisotopic (exact) mass is 594 g/mol. The molecule has 0 saturated carbocycles. The minimum atomic E-state index is 0.513. The Balaban J connectivity index is 1.56. The molecule has 0 spiro atoms. The topological polar surface area (TPSA) is 51.8 Å². The molecule has 2 N–H and O–H groups in total. The van der Waals surface area contributed by atoms with Gasteiger partial charge in [-0.2, -0.15) is 0 Å². The zero-order chi connectivity index (χ0) is 30.3. The van der Waals surface area contributed by atoms with Gasteiger partial charge in [-0.15, -0.1) is 0 Å². The first-order valence-corrected chi connectivity index (χ1v) is 15.9. The molecule has 5 heteroatoms. The molecule has 0 saturated heterocycles. The van der Waals surface area contributed by atoms with E-state index in [1.807, 2.05) is 0 Å². The van der Waals surface area contributed by atoms with Crippen LogP contribution >= 0.6 is 0 Å². The van der Waals surface area contributed by atoms with Gasteiger partial charge in [0.05, 0.1) is 13.2 Å². The average Bonchev–Trinajstić information content (AvgIpc) is 3.10. The number of nitrogens with one attached hydrogen (secondary N) is 2. The Hall–Kier alpha value is -4.68. The highest BCUT2D eigenvalue weighted by Crippen LogP contribution is 2.52. The van der Waals surface area contributed by atoms with E-state index in [2.05, 4.69) is 132 Å². The second kappa shape index (κ2) is 14.0. The molecule has 0 amide bonds. The molecule has 0 atom stereocenters. The van der Waals surface area contributed by atoms with E-state index in [-0.39, 0.29) is 0 Å². The number of fused-ring (bicyclic) bond motifs is 7. The summed E-state index contributed by atoms with van der Waals surface area (Å²) in [6.45, 7) is 5.30. The maximum Gasteiger partial charge on any atom is 0.135 e. The first-order chi connectivity index (χ1) is 22.4. The van der Waals surface area contributed by atoms with Gasteiger partial charge in [-0.3, -0.25) is 0 Å². The van der Waals surface area contributed by atoms with Crippen LogP contribution < -0.4 is 20.1 Å². The van der Waals surface area contributed by atoms with Gasteiger partial charge in [0.1, 0.15) is 24.7 Å². The van der Waals surface area contributed by atoms with Crippen molar-refractivity contribution in [2.75, 3.05) is 52.6 Å². The molecular weight excluding hydrogens is 556 g/mol. The van der Waals surface area contributed by atoms with Gasteiger partial charge < -0.3 is 24.8 Å². The smallest absolute Gasteiger partial charge is 0.135 e. The van der Waals surface area contributed by atoms with Gasteiger partial charge in [-0.05, 0) is 44.8 Å². The molecule has 45 heavy (non-hydrogen) atoms. The maximum atomic E-state index is 6.89. The van der Waals surface area contributed by atoms with Crippen molar-refractivity contribution in [2.24, 2.45) is 0 Å². The quantitative estimate of drug-likeness (QED) is 0.213. The Kier molecular flexibility index (Phi) is 9.01. The summed E-state index contributed by atoms with van der Waals surface area (Å²) >= 11 is 0. The Labute approximate surface area is 264 Å². The zero-order valence-electron chi connectivity index (χ0n) is 25.4. The second-order valence-electron chi connectivity index (χ2n) is 11.2. The van der Waals surface area contributed by atoms with Crippen molar-refractivity contribution in [1.29, 1.82) is 0 Å². The number of rotatable bonds is 2. The van der Waals surface area contributed by atoms with Crippen LogP contribution in [-0.2, 0) is 4.74 Å². The Bertz CT molecular complexity index is 1750. The van der Waals surface area contributed by atoms with Crippen LogP contribution in [0.25, 0.3) is 54.9 Å². The van der Waals surface area contributed by atoms with Gasteiger partial charge in [0, 0.05) is 48.4 Å². The van der Waals surface area contributed by atoms with Gasteiger partial charge >= 0.3 is 0 Å². The van der Waals surface area contributed by atoms with E-state index in [0.29, 0.717) is 39.5 Å². The molecule has 0 aromatic heterocycles. The Morgan fingerprint density at radius 3 is 1.29 bits per heavy atom. The molecule has 0 aliphatic carbocycles. The van der Waals surface area contributed by atoms with E-state index in [9.17, 15) is 0 Å². The standard InChI is InChI=1S/C40H38N2O3/c1-3-11-29(12-4-1)35-27-31-15-7-9-17-33(31)37-38-34-18-10-8-16-32(34)28-36(30-13-5-2-6-14-30)40(38)45-26-22-42-20-24-43-23-19-41-21-25-44-39(35)37/h1-18,27-28,41-42H,19-26H2. The molecule has 6 aromatic carbocycles. The lowest BCUT2D eigenvalue weighted by Crippen LogP contribution is -2.28. The van der Waals surface area contributed by atoms with E-state index < -0.39 is 0 Å². The molecule has 0 radical (unpaired) electrons. The van der Waals surface area contributed by atoms with Crippen LogP contribution in [0.1, 0.15) is 0 Å². The highest BCUT2D eigenvalue weighted by Gasteiger charge is 2.25. The molecule has 0 fully saturated rings. The minimum Gasteiger partial charge on any atom is -0.491 e. The molecule has 1 heterocycles. The van der Waals surface area contributed by atoms with Crippen molar-refractivity contribution in [2.45, 2.75) is 0 Å². The zero-order valence-corrected chi connectivity index (χ0v) is 25.4. The van der Waals surface area contributed by atoms with Crippen molar-refractivity contribution < 1.29 is 14.2 Å². The average molecular weight is 595 g/mol. The predicted octanol–water partition coefficient (Wildman–Crippen LogP) is 7.96. The largest absolute Gasteiger partial charge is 0.491 e. The molecule has 0 bridgehead atoms. The van der Waals surface area contributed by atoms with Crippen molar-refractivity contribution in [3.8, 4) is 44.9 Å². The molecule has 7 rings (SSSR count). The van der Waals surface area contributed by atoms with E-state index in [4.69, 9.17) is 14.2 Å². The lowest BCUT2D eigenvalue weighted by atomic mass is 9.86. The van der Waals surface area contributed by atoms with Gasteiger partial charge in [-0.25, -0.2) is 0 Å². The molecule has 0 unspecified atom stereocenters. The number of hydrogen-bond donors (Lipinski definition) is 2. The van der Waals surface area contributed by atoms with Crippen LogP contribution in [-0.4, -0.2) is 52.6 Å². The summed E-state index contributed by atoms with van der Waals surface area (Å²) in [7, 11) is 0. The summed E-state index contributed by atoms with van der Waals surface area (Å²) in [5.74, 6) is 1.72. The van der Waals surface area contributed by atoms with E-state index in [1.54, 1.807) is 0 Å². The van der Waals surface area contributed by atoms with Crippen LogP contribution in [0.3, 0.4) is 0 Å². The third kappa shape index (κ3) is 6.29. The first kappa shape index (κ1) is 29.1. The Morgan fingerprint density at radius 1 is 0.422 bits per heavy atom. The normalized spacial score (nSPS) is 14.9. The highest BCUT2D eigenvalue weighted by molar-refractivity contribution is 6.14. The molecule has 1 aliphatic heterocycles. The lowest BCUT2D eigenvalue weighted by molar-refractivity contribution is 0.136. The number of hydrogen-bond acceptors (Lipinski definition) is 5. The van der Waals surface area contributed by atoms with Crippen LogP contribution in [0.5, 0.6) is 11.5 Å². The molecule has 1 aliphatic rings. The molecule has 6 aromatic rings. The lowest BCUT2D eigenvalue weighted by Gasteiger charge is -2.24. The summed E-state index contributed by atoms with van der Waals surface area (Å²) in [5.41, 5.74) is 6.46. The molecular formula is C40H38N2O3. The minimum absolute atomic E-state index is 0.513. The van der Waals surface area contributed by atoms with Gasteiger partial charge in [0.25, 0.3) is 0 Å². The molecule has 5 nitrogen and oxygen atoms in total. The van der Waals surface area contributed by atoms with Crippen molar-refractivity contribution >= 4 is 21.5 Å². The van der Waals surface area contributed by atoms with E-state index in [0.717, 1.165) is 79.5 Å². The van der Waals surface area contributed by atoms with Crippen molar-refractivity contribution in [1.82, 2.24) is 10.6 Å². The summed E-state index contributed by atoms with van der Waals surface area (Å²) in [4.78, 5) is 0. The van der Waals surface area contributed by atoms with Gasteiger partial charge in [-0.1, -0.05) is 109 Å². The summed E-state index contributed by atoms with van der Waals surface area (Å²) in [6, 6.07) is 42.9.